The van der Waals surface area contributed by atoms with Gasteiger partial charge in [-0.25, -0.2) is 9.97 Å². The maximum atomic E-state index is 9.45. The molecule has 5 heteroatoms. The molecule has 1 saturated carbocycles. The van der Waals surface area contributed by atoms with E-state index < -0.39 is 6.10 Å². The van der Waals surface area contributed by atoms with Crippen LogP contribution in [0.3, 0.4) is 0 Å². The molecular formula is C13H21N3O2. The summed E-state index contributed by atoms with van der Waals surface area (Å²) in [4.78, 5) is 10.7. The Labute approximate surface area is 107 Å². The van der Waals surface area contributed by atoms with Crippen molar-refractivity contribution in [2.24, 2.45) is 0 Å². The van der Waals surface area contributed by atoms with Gasteiger partial charge in [-0.3, -0.25) is 0 Å². The number of rotatable bonds is 5. The van der Waals surface area contributed by atoms with Gasteiger partial charge in [0.05, 0.1) is 12.7 Å². The topological polar surface area (TPSA) is 69.5 Å². The monoisotopic (exact) mass is 251 g/mol. The lowest BCUT2D eigenvalue weighted by Gasteiger charge is -2.27. The Kier molecular flexibility index (Phi) is 4.14. The molecule has 0 unspecified atom stereocenters. The van der Waals surface area contributed by atoms with E-state index in [1.54, 1.807) is 4.90 Å². The summed E-state index contributed by atoms with van der Waals surface area (Å²) in [5.41, 5.74) is 2.06. The van der Waals surface area contributed by atoms with Gasteiger partial charge in [0.15, 0.2) is 0 Å². The highest BCUT2D eigenvalue weighted by Gasteiger charge is 2.22. The number of hydrogen-bond donors (Lipinski definition) is 2. The number of aliphatic hydroxyl groups excluding tert-OH is 2. The van der Waals surface area contributed by atoms with E-state index in [4.69, 9.17) is 5.11 Å². The smallest absolute Gasteiger partial charge is 0.225 e. The maximum absolute atomic E-state index is 9.45. The molecule has 0 aromatic carbocycles. The van der Waals surface area contributed by atoms with Crippen molar-refractivity contribution in [3.63, 3.8) is 0 Å². The Morgan fingerprint density at radius 2 is 2.17 bits per heavy atom. The Morgan fingerprint density at radius 3 is 2.72 bits per heavy atom. The molecule has 1 aliphatic rings. The minimum absolute atomic E-state index is 0.244. The molecule has 0 radical (unpaired) electrons. The number of likely N-dealkylation sites (N-methyl/N-ethyl adjacent to an activating group) is 1. The number of aliphatic hydroxyl groups is 2. The molecule has 5 nitrogen and oxygen atoms in total. The number of aromatic nitrogens is 2. The highest BCUT2D eigenvalue weighted by molar-refractivity contribution is 5.32. The standard InChI is InChI=1S/C13H21N3O2/c1-9-6-12(10-4-3-5-10)15-13(14-9)16(2)7-11(18)8-17/h6,10-11,17-18H,3-5,7-8H2,1-2H3/t11-/m0/s1. The van der Waals surface area contributed by atoms with Gasteiger partial charge in [-0.05, 0) is 25.8 Å². The summed E-state index contributed by atoms with van der Waals surface area (Å²) in [6, 6.07) is 2.05. The molecule has 1 fully saturated rings. The molecule has 0 spiro atoms. The van der Waals surface area contributed by atoms with E-state index in [1.165, 1.54) is 19.3 Å². The van der Waals surface area contributed by atoms with E-state index in [2.05, 4.69) is 9.97 Å². The van der Waals surface area contributed by atoms with Crippen LogP contribution in [0.25, 0.3) is 0 Å². The fourth-order valence-corrected chi connectivity index (χ4v) is 2.12. The minimum Gasteiger partial charge on any atom is -0.394 e. The average Bonchev–Trinajstić information content (AvgIpc) is 2.25. The fraction of sp³-hybridized carbons (Fsp3) is 0.692. The molecule has 2 N–H and O–H groups in total. The number of hydrogen-bond acceptors (Lipinski definition) is 5. The molecule has 0 saturated heterocycles. The first-order chi connectivity index (χ1) is 8.60. The first-order valence-electron chi connectivity index (χ1n) is 6.45. The first-order valence-corrected chi connectivity index (χ1v) is 6.45. The summed E-state index contributed by atoms with van der Waals surface area (Å²) in [5.74, 6) is 1.20. The highest BCUT2D eigenvalue weighted by Crippen LogP contribution is 2.35. The van der Waals surface area contributed by atoms with E-state index in [0.717, 1.165) is 11.4 Å². The second-order valence-corrected chi connectivity index (χ2v) is 5.08. The molecule has 18 heavy (non-hydrogen) atoms. The van der Waals surface area contributed by atoms with Crippen molar-refractivity contribution in [2.45, 2.75) is 38.2 Å². The summed E-state index contributed by atoms with van der Waals surface area (Å²) in [5, 5.41) is 18.3. The van der Waals surface area contributed by atoms with Crippen LogP contribution < -0.4 is 4.90 Å². The third kappa shape index (κ3) is 2.97. The second kappa shape index (κ2) is 5.63. The fourth-order valence-electron chi connectivity index (χ4n) is 2.12. The third-order valence-electron chi connectivity index (χ3n) is 3.42. The predicted molar refractivity (Wildman–Crippen MR) is 69.7 cm³/mol. The van der Waals surface area contributed by atoms with Crippen LogP contribution in [0, 0.1) is 6.92 Å². The van der Waals surface area contributed by atoms with Crippen LogP contribution in [0.15, 0.2) is 6.07 Å². The van der Waals surface area contributed by atoms with Crippen LogP contribution in [0.2, 0.25) is 0 Å². The van der Waals surface area contributed by atoms with Gasteiger partial charge >= 0.3 is 0 Å². The van der Waals surface area contributed by atoms with Crippen LogP contribution in [0.5, 0.6) is 0 Å². The Balaban J connectivity index is 2.13. The number of aryl methyl sites for hydroxylation is 1. The Bertz CT molecular complexity index is 407. The molecule has 0 aliphatic heterocycles. The van der Waals surface area contributed by atoms with E-state index in [0.29, 0.717) is 18.4 Å². The van der Waals surface area contributed by atoms with E-state index in [1.807, 2.05) is 20.0 Å². The molecule has 1 aromatic heterocycles. The Hall–Kier alpha value is -1.20. The summed E-state index contributed by atoms with van der Waals surface area (Å²) in [6.45, 7) is 2.05. The number of nitrogens with zero attached hydrogens (tertiary/aromatic N) is 3. The van der Waals surface area contributed by atoms with Crippen molar-refractivity contribution >= 4 is 5.95 Å². The summed E-state index contributed by atoms with van der Waals surface area (Å²) in [7, 11) is 1.83. The van der Waals surface area contributed by atoms with Crippen LogP contribution in [0.1, 0.15) is 36.6 Å². The van der Waals surface area contributed by atoms with Crippen LogP contribution in [-0.4, -0.2) is 46.5 Å². The van der Waals surface area contributed by atoms with Crippen molar-refractivity contribution in [3.05, 3.63) is 17.5 Å². The van der Waals surface area contributed by atoms with Crippen LogP contribution >= 0.6 is 0 Å². The second-order valence-electron chi connectivity index (χ2n) is 5.08. The van der Waals surface area contributed by atoms with Crippen molar-refractivity contribution in [2.75, 3.05) is 25.1 Å². The van der Waals surface area contributed by atoms with Crippen molar-refractivity contribution in [1.82, 2.24) is 9.97 Å². The quantitative estimate of drug-likeness (QED) is 0.811. The zero-order chi connectivity index (χ0) is 13.1. The van der Waals surface area contributed by atoms with Gasteiger partial charge in [0.1, 0.15) is 0 Å². The predicted octanol–water partition coefficient (Wildman–Crippen LogP) is 0.842. The normalized spacial score (nSPS) is 17.3. The molecule has 100 valence electrons. The molecule has 0 amide bonds. The average molecular weight is 251 g/mol. The largest absolute Gasteiger partial charge is 0.394 e. The van der Waals surface area contributed by atoms with Gasteiger partial charge in [-0.2, -0.15) is 0 Å². The van der Waals surface area contributed by atoms with E-state index >= 15 is 0 Å². The highest BCUT2D eigenvalue weighted by atomic mass is 16.3. The molecule has 2 rings (SSSR count). The molecule has 1 atom stereocenters. The molecule has 0 bridgehead atoms. The zero-order valence-corrected chi connectivity index (χ0v) is 11.0. The van der Waals surface area contributed by atoms with E-state index in [-0.39, 0.29) is 6.61 Å². The van der Waals surface area contributed by atoms with Gasteiger partial charge in [-0.15, -0.1) is 0 Å². The van der Waals surface area contributed by atoms with Gasteiger partial charge in [-0.1, -0.05) is 6.42 Å². The van der Waals surface area contributed by atoms with Gasteiger partial charge in [0.25, 0.3) is 0 Å². The van der Waals surface area contributed by atoms with Crippen LogP contribution in [0.4, 0.5) is 5.95 Å². The Morgan fingerprint density at radius 1 is 1.44 bits per heavy atom. The molecule has 1 aliphatic carbocycles. The maximum Gasteiger partial charge on any atom is 0.225 e. The summed E-state index contributed by atoms with van der Waals surface area (Å²) >= 11 is 0. The lowest BCUT2D eigenvalue weighted by molar-refractivity contribution is 0.101. The van der Waals surface area contributed by atoms with Crippen molar-refractivity contribution in [1.29, 1.82) is 0 Å². The van der Waals surface area contributed by atoms with Gasteiger partial charge in [0.2, 0.25) is 5.95 Å². The van der Waals surface area contributed by atoms with Crippen LogP contribution in [-0.2, 0) is 0 Å². The SMILES string of the molecule is Cc1cc(C2CCC2)nc(N(C)C[C@H](O)CO)n1. The van der Waals surface area contributed by atoms with E-state index in [9.17, 15) is 5.11 Å². The van der Waals surface area contributed by atoms with Crippen molar-refractivity contribution < 1.29 is 10.2 Å². The van der Waals surface area contributed by atoms with Gasteiger partial charge < -0.3 is 15.1 Å². The third-order valence-corrected chi connectivity index (χ3v) is 3.42. The van der Waals surface area contributed by atoms with Gasteiger partial charge in [0, 0.05) is 30.9 Å². The van der Waals surface area contributed by atoms with Crippen molar-refractivity contribution in [3.8, 4) is 0 Å². The minimum atomic E-state index is -0.758. The first kappa shape index (κ1) is 13.2. The molecule has 1 heterocycles. The number of anilines is 1. The molecule has 1 aromatic rings. The molecular weight excluding hydrogens is 230 g/mol. The summed E-state index contributed by atoms with van der Waals surface area (Å²) in [6.07, 6.45) is 2.94. The lowest BCUT2D eigenvalue weighted by atomic mass is 9.83. The lowest BCUT2D eigenvalue weighted by Crippen LogP contribution is -2.32. The summed E-state index contributed by atoms with van der Waals surface area (Å²) < 4.78 is 0. The zero-order valence-electron chi connectivity index (χ0n) is 11.0.